The van der Waals surface area contributed by atoms with Gasteiger partial charge in [-0.1, -0.05) is 103 Å². The van der Waals surface area contributed by atoms with Crippen molar-refractivity contribution >= 4 is 13.5 Å². The van der Waals surface area contributed by atoms with Crippen molar-refractivity contribution in [3.63, 3.8) is 0 Å². The van der Waals surface area contributed by atoms with E-state index < -0.39 is 19.9 Å². The molecule has 7 heteroatoms. The molecule has 3 unspecified atom stereocenters. The van der Waals surface area contributed by atoms with Gasteiger partial charge >= 0.3 is 7.68 Å². The number of carbonyl (C=O) groups is 1. The highest BCUT2D eigenvalue weighted by atomic mass is 31.1. The Bertz CT molecular complexity index is 647. The number of allylic oxidation sites excluding steroid dienone is 2. The number of nitrogens with zero attached hydrogens (tertiary/aromatic N) is 1. The van der Waals surface area contributed by atoms with Gasteiger partial charge in [0.05, 0.1) is 27.2 Å². The van der Waals surface area contributed by atoms with E-state index >= 15 is 0 Å². The summed E-state index contributed by atoms with van der Waals surface area (Å²) in [6, 6.07) is 0. The zero-order valence-electron chi connectivity index (χ0n) is 26.5. The Balaban J connectivity index is 0. The molecule has 3 atom stereocenters. The van der Waals surface area contributed by atoms with E-state index in [9.17, 15) is 24.1 Å². The molecule has 39 heavy (non-hydrogen) atoms. The third-order valence-electron chi connectivity index (χ3n) is 7.16. The fourth-order valence-electron chi connectivity index (χ4n) is 4.53. The summed E-state index contributed by atoms with van der Waals surface area (Å²) >= 11 is 0. The minimum Gasteiger partial charge on any atom is -0.390 e. The van der Waals surface area contributed by atoms with Crippen LogP contribution >= 0.6 is 7.68 Å². The number of ketones is 1. The van der Waals surface area contributed by atoms with Crippen LogP contribution in [-0.4, -0.2) is 59.6 Å². The monoisotopic (exact) mass is 574 g/mol. The fourth-order valence-corrected chi connectivity index (χ4v) is 5.56. The van der Waals surface area contributed by atoms with Crippen molar-refractivity contribution < 1.29 is 28.6 Å². The van der Waals surface area contributed by atoms with Gasteiger partial charge in [-0.2, -0.15) is 0 Å². The summed E-state index contributed by atoms with van der Waals surface area (Å²) in [7, 11) is 3.44. The Kier molecular flexibility index (Phi) is 28.3. The quantitative estimate of drug-likeness (QED) is 0.0492. The number of aliphatic hydroxyl groups excluding tert-OH is 2. The maximum absolute atomic E-state index is 11.6. The SMILES string of the molecule is CCCC(P(=O)=O)[N+](C)(C)C.CCCCCCCCC=CCCCCCCCCCCCC(=O)C(O)C(C)O. The van der Waals surface area contributed by atoms with Gasteiger partial charge in [0.1, 0.15) is 6.10 Å². The number of Topliss-reactive ketones (excluding diaryl/α,β-unsaturated/α-hetero) is 1. The summed E-state index contributed by atoms with van der Waals surface area (Å²) in [6.45, 7) is 5.72. The van der Waals surface area contributed by atoms with E-state index in [0.717, 1.165) is 25.7 Å². The first-order valence-electron chi connectivity index (χ1n) is 16.0. The van der Waals surface area contributed by atoms with Gasteiger partial charge in [-0.25, -0.2) is 9.13 Å². The van der Waals surface area contributed by atoms with Gasteiger partial charge < -0.3 is 14.7 Å². The molecule has 2 N–H and O–H groups in total. The Morgan fingerprint density at radius 2 is 1.10 bits per heavy atom. The van der Waals surface area contributed by atoms with E-state index in [1.165, 1.54) is 103 Å². The zero-order valence-corrected chi connectivity index (χ0v) is 27.4. The predicted octanol–water partition coefficient (Wildman–Crippen LogP) is 8.89. The first-order chi connectivity index (χ1) is 18.5. The molecule has 0 fully saturated rings. The molecule has 0 aliphatic carbocycles. The van der Waals surface area contributed by atoms with Crippen molar-refractivity contribution in [1.29, 1.82) is 0 Å². The van der Waals surface area contributed by atoms with Gasteiger partial charge in [0.15, 0.2) is 11.6 Å². The molecule has 0 aromatic heterocycles. The molecule has 0 aliphatic heterocycles. The second kappa shape index (κ2) is 27.4. The van der Waals surface area contributed by atoms with Gasteiger partial charge in [-0.3, -0.25) is 4.79 Å². The Morgan fingerprint density at radius 3 is 1.44 bits per heavy atom. The van der Waals surface area contributed by atoms with Crippen molar-refractivity contribution in [2.45, 2.75) is 167 Å². The highest BCUT2D eigenvalue weighted by molar-refractivity contribution is 7.31. The number of unbranched alkanes of at least 4 members (excludes halogenated alkanes) is 15. The van der Waals surface area contributed by atoms with Gasteiger partial charge in [0.25, 0.3) is 0 Å². The molecule has 0 aromatic carbocycles. The zero-order chi connectivity index (χ0) is 29.9. The molecule has 0 amide bonds. The number of hydrogen-bond donors (Lipinski definition) is 2. The molecule has 0 aromatic rings. The molecule has 0 rings (SSSR count). The summed E-state index contributed by atoms with van der Waals surface area (Å²) in [4.78, 5) is 11.6. The standard InChI is InChI=1S/C25H48O3.C7H17NO2P/c1-3-4-5-6-7-8-9-10-11-12-13-14-15-16-17-18-19-20-21-22-24(27)25(28)23(2)26;1-5-6-7(11(9)10)8(2,3)4/h10-11,23,25-26,28H,3-9,12-22H2,1-2H3;7H,5-6H2,1-4H3/q;+1. The minimum absolute atomic E-state index is 0.226. The highest BCUT2D eigenvalue weighted by Gasteiger charge is 2.27. The third kappa shape index (κ3) is 27.1. The van der Waals surface area contributed by atoms with E-state index in [4.69, 9.17) is 0 Å². The molecular weight excluding hydrogens is 509 g/mol. The normalized spacial score (nSPS) is 14.1. The van der Waals surface area contributed by atoms with Crippen molar-refractivity contribution in [2.24, 2.45) is 0 Å². The molecule has 0 aliphatic rings. The lowest BCUT2D eigenvalue weighted by atomic mass is 10.0. The average molecular weight is 575 g/mol. The fraction of sp³-hybridized carbons (Fsp3) is 0.906. The first-order valence-corrected chi connectivity index (χ1v) is 17.2. The van der Waals surface area contributed by atoms with Crippen molar-refractivity contribution in [3.8, 4) is 0 Å². The second-order valence-electron chi connectivity index (χ2n) is 12.1. The van der Waals surface area contributed by atoms with E-state index in [0.29, 0.717) is 10.9 Å². The van der Waals surface area contributed by atoms with E-state index in [1.807, 2.05) is 28.1 Å². The number of hydrogen-bond acceptors (Lipinski definition) is 5. The van der Waals surface area contributed by atoms with Crippen LogP contribution in [0.15, 0.2) is 12.2 Å². The lowest BCUT2D eigenvalue weighted by molar-refractivity contribution is -0.882. The molecule has 0 radical (unpaired) electrons. The van der Waals surface area contributed by atoms with Crippen LogP contribution in [0.3, 0.4) is 0 Å². The number of rotatable bonds is 25. The largest absolute Gasteiger partial charge is 0.390 e. The number of quaternary nitrogens is 1. The van der Waals surface area contributed by atoms with Crippen molar-refractivity contribution in [1.82, 2.24) is 0 Å². The highest BCUT2D eigenvalue weighted by Crippen LogP contribution is 2.25. The number of aliphatic hydroxyl groups is 2. The Morgan fingerprint density at radius 1 is 0.692 bits per heavy atom. The van der Waals surface area contributed by atoms with E-state index in [-0.39, 0.29) is 11.6 Å². The van der Waals surface area contributed by atoms with Gasteiger partial charge in [-0.05, 0) is 45.4 Å². The summed E-state index contributed by atoms with van der Waals surface area (Å²) in [5.74, 6) is -0.453. The topological polar surface area (TPSA) is 91.7 Å². The van der Waals surface area contributed by atoms with Gasteiger partial charge in [-0.15, -0.1) is 0 Å². The summed E-state index contributed by atoms with van der Waals surface area (Å²) < 4.78 is 22.0. The smallest absolute Gasteiger partial charge is 0.375 e. The second-order valence-corrected chi connectivity index (χ2v) is 13.2. The predicted molar refractivity (Wildman–Crippen MR) is 166 cm³/mol. The first kappa shape index (κ1) is 40.3. The lowest BCUT2D eigenvalue weighted by Crippen LogP contribution is -2.42. The summed E-state index contributed by atoms with van der Waals surface area (Å²) in [5, 5.41) is 18.6. The van der Waals surface area contributed by atoms with Crippen LogP contribution in [0, 0.1) is 0 Å². The van der Waals surface area contributed by atoms with Gasteiger partial charge in [0, 0.05) is 12.8 Å². The Labute approximate surface area is 242 Å². The number of carbonyl (C=O) groups excluding carboxylic acids is 1. The van der Waals surface area contributed by atoms with Crippen LogP contribution in [0.1, 0.15) is 149 Å². The molecule has 0 heterocycles. The maximum atomic E-state index is 11.6. The molecule has 6 nitrogen and oxygen atoms in total. The van der Waals surface area contributed by atoms with Crippen molar-refractivity contribution in [3.05, 3.63) is 12.2 Å². The molecule has 0 spiro atoms. The van der Waals surface area contributed by atoms with Crippen LogP contribution in [-0.2, 0) is 13.9 Å². The molecule has 0 bridgehead atoms. The minimum atomic E-state index is -2.29. The van der Waals surface area contributed by atoms with E-state index in [2.05, 4.69) is 19.1 Å². The third-order valence-corrected chi connectivity index (χ3v) is 8.59. The van der Waals surface area contributed by atoms with Crippen LogP contribution in [0.2, 0.25) is 0 Å². The van der Waals surface area contributed by atoms with Gasteiger partial charge in [0.2, 0.25) is 0 Å². The Hall–Kier alpha value is -0.810. The average Bonchev–Trinajstić information content (AvgIpc) is 2.87. The van der Waals surface area contributed by atoms with Crippen LogP contribution in [0.25, 0.3) is 0 Å². The lowest BCUT2D eigenvalue weighted by Gasteiger charge is -2.28. The molecule has 0 saturated carbocycles. The van der Waals surface area contributed by atoms with Crippen LogP contribution in [0.5, 0.6) is 0 Å². The van der Waals surface area contributed by atoms with Crippen LogP contribution in [0.4, 0.5) is 0 Å². The van der Waals surface area contributed by atoms with Crippen LogP contribution < -0.4 is 0 Å². The van der Waals surface area contributed by atoms with Crippen molar-refractivity contribution in [2.75, 3.05) is 21.1 Å². The molecule has 0 saturated heterocycles. The molecular formula is C32H65NO5P+. The van der Waals surface area contributed by atoms with E-state index in [1.54, 1.807) is 0 Å². The molecule has 232 valence electrons. The summed E-state index contributed by atoms with van der Waals surface area (Å²) in [6.07, 6.45) is 26.3. The summed E-state index contributed by atoms with van der Waals surface area (Å²) in [5.41, 5.74) is 0. The maximum Gasteiger partial charge on any atom is 0.375 e.